The normalized spacial score (nSPS) is 22.1. The molecule has 2 atom stereocenters. The lowest BCUT2D eigenvalue weighted by Crippen LogP contribution is -2.41. The molecule has 0 unspecified atom stereocenters. The fraction of sp³-hybridized carbons (Fsp3) is 0.400. The largest absolute Gasteiger partial charge is 0.573 e. The topological polar surface area (TPSA) is 59.3 Å². The minimum atomic E-state index is -4.74. The number of hydrogen-bond acceptors (Lipinski definition) is 4. The van der Waals surface area contributed by atoms with Gasteiger partial charge in [-0.2, -0.15) is 0 Å². The molecule has 1 fully saturated rings. The van der Waals surface area contributed by atoms with Crippen LogP contribution in [0.4, 0.5) is 13.2 Å². The third-order valence-electron chi connectivity index (χ3n) is 3.77. The summed E-state index contributed by atoms with van der Waals surface area (Å²) in [4.78, 5) is 4.23. The molecule has 1 aliphatic rings. The van der Waals surface area contributed by atoms with Gasteiger partial charge < -0.3 is 19.7 Å². The standard InChI is InChI=1S/C15H16F3N3O2/c16-15(17,18)23-11-3-1-2-10(8-11)14-20-6-7-21(14)12-4-5-19-9-13(12)22/h1-3,6-8,12-13,19,22H,4-5,9H2/t12-,13-/m0/s1. The number of nitrogens with zero attached hydrogens (tertiary/aromatic N) is 2. The average molecular weight is 327 g/mol. The van der Waals surface area contributed by atoms with Crippen LogP contribution in [-0.2, 0) is 0 Å². The summed E-state index contributed by atoms with van der Waals surface area (Å²) in [5, 5.41) is 13.2. The number of imidazole rings is 1. The first-order valence-electron chi connectivity index (χ1n) is 7.22. The number of aliphatic hydroxyl groups excluding tert-OH is 1. The Morgan fingerprint density at radius 2 is 2.17 bits per heavy atom. The molecule has 124 valence electrons. The van der Waals surface area contributed by atoms with E-state index in [2.05, 4.69) is 15.0 Å². The second kappa shape index (κ2) is 6.21. The van der Waals surface area contributed by atoms with Crippen LogP contribution in [-0.4, -0.2) is 40.2 Å². The van der Waals surface area contributed by atoms with Gasteiger partial charge in [0.25, 0.3) is 0 Å². The molecule has 1 aliphatic heterocycles. The molecule has 0 spiro atoms. The van der Waals surface area contributed by atoms with Crippen LogP contribution in [0, 0.1) is 0 Å². The van der Waals surface area contributed by atoms with Crippen molar-refractivity contribution in [1.82, 2.24) is 14.9 Å². The third kappa shape index (κ3) is 3.65. The van der Waals surface area contributed by atoms with Gasteiger partial charge in [-0.05, 0) is 25.1 Å². The van der Waals surface area contributed by atoms with E-state index in [1.165, 1.54) is 18.2 Å². The number of rotatable bonds is 3. The van der Waals surface area contributed by atoms with Gasteiger partial charge in [0.1, 0.15) is 11.6 Å². The molecule has 3 rings (SSSR count). The molecule has 8 heteroatoms. The molecular weight excluding hydrogens is 311 g/mol. The van der Waals surface area contributed by atoms with E-state index in [9.17, 15) is 18.3 Å². The summed E-state index contributed by atoms with van der Waals surface area (Å²) >= 11 is 0. The molecule has 0 bridgehead atoms. The van der Waals surface area contributed by atoms with Crippen molar-refractivity contribution in [2.75, 3.05) is 13.1 Å². The number of aromatic nitrogens is 2. The summed E-state index contributed by atoms with van der Waals surface area (Å²) in [5.74, 6) is 0.207. The van der Waals surface area contributed by atoms with Crippen molar-refractivity contribution in [2.45, 2.75) is 24.9 Å². The maximum absolute atomic E-state index is 12.4. The highest BCUT2D eigenvalue weighted by atomic mass is 19.4. The van der Waals surface area contributed by atoms with Gasteiger partial charge in [-0.25, -0.2) is 4.98 Å². The van der Waals surface area contributed by atoms with Crippen LogP contribution >= 0.6 is 0 Å². The Hall–Kier alpha value is -2.06. The van der Waals surface area contributed by atoms with E-state index in [0.717, 1.165) is 6.54 Å². The SMILES string of the molecule is O[C@H]1CNCC[C@@H]1n1ccnc1-c1cccc(OC(F)(F)F)c1. The molecule has 2 heterocycles. The maximum atomic E-state index is 12.4. The molecule has 0 saturated carbocycles. The van der Waals surface area contributed by atoms with Crippen molar-refractivity contribution in [3.8, 4) is 17.1 Å². The first-order valence-corrected chi connectivity index (χ1v) is 7.22. The van der Waals surface area contributed by atoms with Crippen LogP contribution < -0.4 is 10.1 Å². The second-order valence-corrected chi connectivity index (χ2v) is 5.36. The van der Waals surface area contributed by atoms with Crippen molar-refractivity contribution >= 4 is 0 Å². The Morgan fingerprint density at radius 1 is 1.35 bits per heavy atom. The first-order chi connectivity index (χ1) is 10.9. The fourth-order valence-electron chi connectivity index (χ4n) is 2.79. The van der Waals surface area contributed by atoms with Gasteiger partial charge in [0.2, 0.25) is 0 Å². The van der Waals surface area contributed by atoms with Crippen molar-refractivity contribution in [3.05, 3.63) is 36.7 Å². The molecule has 1 aromatic carbocycles. The van der Waals surface area contributed by atoms with E-state index < -0.39 is 12.5 Å². The molecule has 2 N–H and O–H groups in total. The Kier molecular flexibility index (Phi) is 4.27. The molecule has 0 radical (unpaired) electrons. The molecule has 1 saturated heterocycles. The van der Waals surface area contributed by atoms with Gasteiger partial charge in [0.05, 0.1) is 12.1 Å². The molecule has 0 amide bonds. The summed E-state index contributed by atoms with van der Waals surface area (Å²) in [6.45, 7) is 1.23. The van der Waals surface area contributed by atoms with Gasteiger partial charge in [-0.15, -0.1) is 13.2 Å². The van der Waals surface area contributed by atoms with Crippen molar-refractivity contribution in [3.63, 3.8) is 0 Å². The second-order valence-electron chi connectivity index (χ2n) is 5.36. The smallest absolute Gasteiger partial charge is 0.406 e. The number of piperidine rings is 1. The summed E-state index contributed by atoms with van der Waals surface area (Å²) in [6.07, 6.45) is -1.30. The number of β-amino-alcohol motifs (C(OH)–C–C–N with tert-alkyl or cyclic N) is 1. The summed E-state index contributed by atoms with van der Waals surface area (Å²) in [7, 11) is 0. The minimum Gasteiger partial charge on any atom is -0.406 e. The quantitative estimate of drug-likeness (QED) is 0.908. The summed E-state index contributed by atoms with van der Waals surface area (Å²) < 4.78 is 42.8. The third-order valence-corrected chi connectivity index (χ3v) is 3.77. The van der Waals surface area contributed by atoms with Gasteiger partial charge in [-0.1, -0.05) is 12.1 Å². The van der Waals surface area contributed by atoms with Crippen LogP contribution in [0.3, 0.4) is 0 Å². The number of ether oxygens (including phenoxy) is 1. The summed E-state index contributed by atoms with van der Waals surface area (Å²) in [5.41, 5.74) is 0.502. The average Bonchev–Trinajstić information content (AvgIpc) is 2.95. The van der Waals surface area contributed by atoms with Crippen LogP contribution in [0.15, 0.2) is 36.7 Å². The number of nitrogens with one attached hydrogen (secondary N) is 1. The van der Waals surface area contributed by atoms with Crippen molar-refractivity contribution in [2.24, 2.45) is 0 Å². The number of hydrogen-bond donors (Lipinski definition) is 2. The van der Waals surface area contributed by atoms with E-state index in [4.69, 9.17) is 0 Å². The van der Waals surface area contributed by atoms with E-state index in [-0.39, 0.29) is 11.8 Å². The molecule has 5 nitrogen and oxygen atoms in total. The Balaban J connectivity index is 1.91. The lowest BCUT2D eigenvalue weighted by molar-refractivity contribution is -0.274. The van der Waals surface area contributed by atoms with E-state index >= 15 is 0 Å². The molecule has 23 heavy (non-hydrogen) atoms. The zero-order valence-corrected chi connectivity index (χ0v) is 12.1. The number of halogens is 3. The van der Waals surface area contributed by atoms with Gasteiger partial charge >= 0.3 is 6.36 Å². The van der Waals surface area contributed by atoms with Crippen LogP contribution in [0.5, 0.6) is 5.75 Å². The zero-order chi connectivity index (χ0) is 16.4. The van der Waals surface area contributed by atoms with Crippen molar-refractivity contribution in [1.29, 1.82) is 0 Å². The van der Waals surface area contributed by atoms with Crippen LogP contribution in [0.1, 0.15) is 12.5 Å². The fourth-order valence-corrected chi connectivity index (χ4v) is 2.79. The lowest BCUT2D eigenvalue weighted by Gasteiger charge is -2.30. The highest BCUT2D eigenvalue weighted by Crippen LogP contribution is 2.30. The van der Waals surface area contributed by atoms with E-state index in [1.807, 2.05) is 0 Å². The molecular formula is C15H16F3N3O2. The number of alkyl halides is 3. The molecule has 1 aromatic heterocycles. The van der Waals surface area contributed by atoms with Gasteiger partial charge in [0, 0.05) is 24.5 Å². The lowest BCUT2D eigenvalue weighted by atomic mass is 10.0. The van der Waals surface area contributed by atoms with Crippen molar-refractivity contribution < 1.29 is 23.0 Å². The zero-order valence-electron chi connectivity index (χ0n) is 12.1. The van der Waals surface area contributed by atoms with Crippen LogP contribution in [0.25, 0.3) is 11.4 Å². The molecule has 2 aromatic rings. The highest BCUT2D eigenvalue weighted by molar-refractivity contribution is 5.58. The number of aliphatic hydroxyl groups is 1. The predicted octanol–water partition coefficient (Wildman–Crippen LogP) is 2.34. The number of benzene rings is 1. The van der Waals surface area contributed by atoms with Gasteiger partial charge in [0.15, 0.2) is 0 Å². The Bertz CT molecular complexity index is 672. The molecule has 0 aliphatic carbocycles. The monoisotopic (exact) mass is 327 g/mol. The van der Waals surface area contributed by atoms with E-state index in [1.54, 1.807) is 23.0 Å². The summed E-state index contributed by atoms with van der Waals surface area (Å²) in [6, 6.07) is 5.51. The highest BCUT2D eigenvalue weighted by Gasteiger charge is 2.31. The Morgan fingerprint density at radius 3 is 2.91 bits per heavy atom. The van der Waals surface area contributed by atoms with Gasteiger partial charge in [-0.3, -0.25) is 0 Å². The first kappa shape index (κ1) is 15.8. The minimum absolute atomic E-state index is 0.166. The van der Waals surface area contributed by atoms with E-state index in [0.29, 0.717) is 24.4 Å². The maximum Gasteiger partial charge on any atom is 0.573 e. The predicted molar refractivity (Wildman–Crippen MR) is 76.9 cm³/mol. The van der Waals surface area contributed by atoms with Crippen LogP contribution in [0.2, 0.25) is 0 Å². The Labute approximate surface area is 130 Å².